The molecule has 1 heteroatoms. The van der Waals surface area contributed by atoms with Crippen molar-refractivity contribution in [3.05, 3.63) is 12.2 Å². The van der Waals surface area contributed by atoms with Crippen molar-refractivity contribution in [2.24, 2.45) is 0 Å². The summed E-state index contributed by atoms with van der Waals surface area (Å²) in [5, 5.41) is 0. The second-order valence-corrected chi connectivity index (χ2v) is 1.23. The predicted molar refractivity (Wildman–Crippen MR) is 34.5 cm³/mol. The van der Waals surface area contributed by atoms with Crippen LogP contribution in [-0.2, 0) is 4.74 Å². The molecule has 0 heterocycles. The van der Waals surface area contributed by atoms with E-state index in [1.807, 2.05) is 13.0 Å². The zero-order valence-electron chi connectivity index (χ0n) is 5.05. The lowest BCUT2D eigenvalue weighted by Gasteiger charge is -1.89. The topological polar surface area (TPSA) is 9.23 Å². The summed E-state index contributed by atoms with van der Waals surface area (Å²) < 4.78 is 4.95. The number of terminal acetylenes is 1. The van der Waals surface area contributed by atoms with Crippen LogP contribution < -0.4 is 0 Å². The van der Waals surface area contributed by atoms with Gasteiger partial charge in [0.2, 0.25) is 0 Å². The molecule has 0 radical (unpaired) electrons. The first kappa shape index (κ1) is 7.26. The molecule has 0 N–H and O–H groups in total. The summed E-state index contributed by atoms with van der Waals surface area (Å²) in [7, 11) is 0. The molecule has 0 unspecified atom stereocenters. The predicted octanol–water partition coefficient (Wildman–Crippen LogP) is 1.21. The zero-order valence-corrected chi connectivity index (χ0v) is 5.05. The SMILES string of the molecule is C#CC=CCOCC. The molecule has 0 rings (SSSR count). The van der Waals surface area contributed by atoms with Gasteiger partial charge in [-0.2, -0.15) is 0 Å². The third-order valence-corrected chi connectivity index (χ3v) is 0.632. The Bertz CT molecular complexity index is 97.4. The molecule has 1 nitrogen and oxygen atoms in total. The first-order valence-corrected chi connectivity index (χ1v) is 2.60. The van der Waals surface area contributed by atoms with E-state index in [4.69, 9.17) is 11.2 Å². The maximum absolute atomic E-state index is 4.95. The lowest BCUT2D eigenvalue weighted by Crippen LogP contribution is -1.87. The molecule has 0 fully saturated rings. The Kier molecular flexibility index (Phi) is 5.68. The minimum Gasteiger partial charge on any atom is -0.378 e. The number of hydrogen-bond donors (Lipinski definition) is 0. The molecule has 0 aromatic carbocycles. The van der Waals surface area contributed by atoms with Crippen LogP contribution in [0.25, 0.3) is 0 Å². The van der Waals surface area contributed by atoms with E-state index < -0.39 is 0 Å². The Morgan fingerprint density at radius 2 is 2.50 bits per heavy atom. The van der Waals surface area contributed by atoms with Crippen molar-refractivity contribution >= 4 is 0 Å². The van der Waals surface area contributed by atoms with E-state index in [1.54, 1.807) is 6.08 Å². The molecule has 0 saturated carbocycles. The molecular formula is C7H10O. The summed E-state index contributed by atoms with van der Waals surface area (Å²) in [6.45, 7) is 3.32. The highest BCUT2D eigenvalue weighted by Crippen LogP contribution is 1.73. The molecule has 0 aliphatic rings. The fourth-order valence-corrected chi connectivity index (χ4v) is 0.302. The van der Waals surface area contributed by atoms with Crippen LogP contribution >= 0.6 is 0 Å². The highest BCUT2D eigenvalue weighted by Gasteiger charge is 1.71. The zero-order chi connectivity index (χ0) is 6.24. The summed E-state index contributed by atoms with van der Waals surface area (Å²) in [4.78, 5) is 0. The molecule has 44 valence electrons. The van der Waals surface area contributed by atoms with Crippen molar-refractivity contribution < 1.29 is 4.74 Å². The van der Waals surface area contributed by atoms with Gasteiger partial charge in [0.15, 0.2) is 0 Å². The first-order valence-electron chi connectivity index (χ1n) is 2.60. The molecule has 8 heavy (non-hydrogen) atoms. The lowest BCUT2D eigenvalue weighted by atomic mass is 10.5. The Balaban J connectivity index is 2.94. The Hall–Kier alpha value is -0.740. The largest absolute Gasteiger partial charge is 0.378 e. The van der Waals surface area contributed by atoms with Crippen LogP contribution in [0.5, 0.6) is 0 Å². The summed E-state index contributed by atoms with van der Waals surface area (Å²) in [5.74, 6) is 2.37. The van der Waals surface area contributed by atoms with Gasteiger partial charge in [0, 0.05) is 6.61 Å². The Morgan fingerprint density at radius 1 is 1.75 bits per heavy atom. The van der Waals surface area contributed by atoms with E-state index in [2.05, 4.69) is 5.92 Å². The van der Waals surface area contributed by atoms with Gasteiger partial charge in [-0.05, 0) is 13.0 Å². The maximum atomic E-state index is 4.95. The van der Waals surface area contributed by atoms with E-state index >= 15 is 0 Å². The van der Waals surface area contributed by atoms with E-state index in [0.29, 0.717) is 6.61 Å². The second kappa shape index (κ2) is 6.26. The van der Waals surface area contributed by atoms with Crippen molar-refractivity contribution in [3.63, 3.8) is 0 Å². The Labute approximate surface area is 50.4 Å². The van der Waals surface area contributed by atoms with E-state index in [-0.39, 0.29) is 0 Å². The van der Waals surface area contributed by atoms with Crippen molar-refractivity contribution in [3.8, 4) is 12.3 Å². The molecule has 0 spiro atoms. The van der Waals surface area contributed by atoms with Gasteiger partial charge in [-0.3, -0.25) is 0 Å². The van der Waals surface area contributed by atoms with Gasteiger partial charge in [-0.15, -0.1) is 6.42 Å². The monoisotopic (exact) mass is 110 g/mol. The summed E-state index contributed by atoms with van der Waals surface area (Å²) >= 11 is 0. The summed E-state index contributed by atoms with van der Waals surface area (Å²) in [6, 6.07) is 0. The quantitative estimate of drug-likeness (QED) is 0.392. The van der Waals surface area contributed by atoms with Gasteiger partial charge in [0.1, 0.15) is 0 Å². The highest BCUT2D eigenvalue weighted by atomic mass is 16.5. The minimum atomic E-state index is 0.626. The smallest absolute Gasteiger partial charge is 0.0656 e. The molecule has 0 aromatic rings. The van der Waals surface area contributed by atoms with Crippen LogP contribution in [0, 0.1) is 12.3 Å². The normalized spacial score (nSPS) is 9.50. The van der Waals surface area contributed by atoms with Crippen molar-refractivity contribution in [1.29, 1.82) is 0 Å². The van der Waals surface area contributed by atoms with E-state index in [1.165, 1.54) is 0 Å². The maximum Gasteiger partial charge on any atom is 0.0656 e. The lowest BCUT2D eigenvalue weighted by molar-refractivity contribution is 0.177. The van der Waals surface area contributed by atoms with Crippen LogP contribution in [0.1, 0.15) is 6.92 Å². The van der Waals surface area contributed by atoms with Gasteiger partial charge < -0.3 is 4.74 Å². The van der Waals surface area contributed by atoms with Crippen LogP contribution in [0.15, 0.2) is 12.2 Å². The molecule has 0 saturated heterocycles. The van der Waals surface area contributed by atoms with Gasteiger partial charge in [-0.1, -0.05) is 12.0 Å². The average molecular weight is 110 g/mol. The Morgan fingerprint density at radius 3 is 3.00 bits per heavy atom. The molecule has 0 aromatic heterocycles. The van der Waals surface area contributed by atoms with Crippen LogP contribution in [0.3, 0.4) is 0 Å². The molecule has 0 aliphatic carbocycles. The third kappa shape index (κ3) is 5.26. The third-order valence-electron chi connectivity index (χ3n) is 0.632. The van der Waals surface area contributed by atoms with Gasteiger partial charge in [0.25, 0.3) is 0 Å². The molecule has 0 bridgehead atoms. The van der Waals surface area contributed by atoms with E-state index in [0.717, 1.165) is 6.61 Å². The fourth-order valence-electron chi connectivity index (χ4n) is 0.302. The van der Waals surface area contributed by atoms with Gasteiger partial charge in [-0.25, -0.2) is 0 Å². The van der Waals surface area contributed by atoms with E-state index in [9.17, 15) is 0 Å². The minimum absolute atomic E-state index is 0.626. The number of ether oxygens (including phenoxy) is 1. The fraction of sp³-hybridized carbons (Fsp3) is 0.429. The van der Waals surface area contributed by atoms with Crippen LogP contribution in [-0.4, -0.2) is 13.2 Å². The summed E-state index contributed by atoms with van der Waals surface area (Å²) in [5.41, 5.74) is 0. The molecule has 0 aliphatic heterocycles. The number of hydrogen-bond acceptors (Lipinski definition) is 1. The van der Waals surface area contributed by atoms with Crippen LogP contribution in [0.2, 0.25) is 0 Å². The first-order chi connectivity index (χ1) is 3.91. The summed E-state index contributed by atoms with van der Waals surface area (Å²) in [6.07, 6.45) is 8.36. The van der Waals surface area contributed by atoms with Crippen molar-refractivity contribution in [2.75, 3.05) is 13.2 Å². The second-order valence-electron chi connectivity index (χ2n) is 1.23. The highest BCUT2D eigenvalue weighted by molar-refractivity contribution is 5.08. The number of allylic oxidation sites excluding steroid dienone is 1. The van der Waals surface area contributed by atoms with Crippen LogP contribution in [0.4, 0.5) is 0 Å². The molecular weight excluding hydrogens is 100 g/mol. The van der Waals surface area contributed by atoms with Crippen molar-refractivity contribution in [2.45, 2.75) is 6.92 Å². The molecule has 0 atom stereocenters. The van der Waals surface area contributed by atoms with Gasteiger partial charge >= 0.3 is 0 Å². The standard InChI is InChI=1S/C7H10O/c1-3-5-6-7-8-4-2/h1,5-6H,4,7H2,2H3. The average Bonchev–Trinajstić information content (AvgIpc) is 1.81. The van der Waals surface area contributed by atoms with Gasteiger partial charge in [0.05, 0.1) is 6.61 Å². The van der Waals surface area contributed by atoms with Crippen molar-refractivity contribution in [1.82, 2.24) is 0 Å². The molecule has 0 amide bonds. The number of rotatable bonds is 3.